The molecule has 4 heteroatoms. The van der Waals surface area contributed by atoms with E-state index in [0.717, 1.165) is 17.5 Å². The van der Waals surface area contributed by atoms with Gasteiger partial charge in [-0.1, -0.05) is 36.8 Å². The van der Waals surface area contributed by atoms with Gasteiger partial charge in [0.1, 0.15) is 5.52 Å². The van der Waals surface area contributed by atoms with Gasteiger partial charge in [-0.05, 0) is 67.8 Å². The van der Waals surface area contributed by atoms with Gasteiger partial charge >= 0.3 is 0 Å². The number of rotatable bonds is 4. The molecule has 140 valence electrons. The van der Waals surface area contributed by atoms with E-state index >= 15 is 0 Å². The summed E-state index contributed by atoms with van der Waals surface area (Å²) in [5.74, 6) is 0.450. The van der Waals surface area contributed by atoms with Crippen molar-refractivity contribution in [3.8, 4) is 11.5 Å². The van der Waals surface area contributed by atoms with Crippen molar-refractivity contribution in [3.63, 3.8) is 0 Å². The van der Waals surface area contributed by atoms with E-state index in [9.17, 15) is 4.79 Å². The third kappa shape index (κ3) is 3.54. The molecule has 0 atom stereocenters. The second-order valence-electron chi connectivity index (χ2n) is 7.02. The predicted octanol–water partition coefficient (Wildman–Crippen LogP) is 5.93. The van der Waals surface area contributed by atoms with Crippen molar-refractivity contribution in [2.24, 2.45) is 0 Å². The van der Waals surface area contributed by atoms with E-state index in [1.807, 2.05) is 61.5 Å². The van der Waals surface area contributed by atoms with Gasteiger partial charge in [-0.25, -0.2) is 4.98 Å². The van der Waals surface area contributed by atoms with Crippen LogP contribution in [-0.2, 0) is 6.42 Å². The van der Waals surface area contributed by atoms with E-state index < -0.39 is 0 Å². The first-order valence-electron chi connectivity index (χ1n) is 9.42. The van der Waals surface area contributed by atoms with Gasteiger partial charge in [-0.2, -0.15) is 0 Å². The molecule has 0 bridgehead atoms. The van der Waals surface area contributed by atoms with Crippen LogP contribution in [0.5, 0.6) is 0 Å². The molecule has 0 unspecified atom stereocenters. The Morgan fingerprint density at radius 2 is 1.79 bits per heavy atom. The van der Waals surface area contributed by atoms with Crippen molar-refractivity contribution in [3.05, 3.63) is 82.9 Å². The highest BCUT2D eigenvalue weighted by molar-refractivity contribution is 6.05. The Balaban J connectivity index is 1.60. The molecule has 3 aromatic carbocycles. The summed E-state index contributed by atoms with van der Waals surface area (Å²) >= 11 is 0. The lowest BCUT2D eigenvalue weighted by molar-refractivity contribution is 0.102. The van der Waals surface area contributed by atoms with Gasteiger partial charge in [0.15, 0.2) is 5.58 Å². The maximum absolute atomic E-state index is 12.5. The molecule has 0 aliphatic heterocycles. The number of amides is 1. The number of benzene rings is 3. The molecule has 0 fully saturated rings. The van der Waals surface area contributed by atoms with E-state index in [1.165, 1.54) is 11.1 Å². The number of carbonyl (C=O) groups is 1. The van der Waals surface area contributed by atoms with Crippen molar-refractivity contribution < 1.29 is 9.21 Å². The molecule has 0 spiro atoms. The van der Waals surface area contributed by atoms with Crippen molar-refractivity contribution in [1.82, 2.24) is 4.98 Å². The maximum Gasteiger partial charge on any atom is 0.255 e. The van der Waals surface area contributed by atoms with Crippen molar-refractivity contribution >= 4 is 22.7 Å². The smallest absolute Gasteiger partial charge is 0.255 e. The fourth-order valence-corrected chi connectivity index (χ4v) is 3.27. The van der Waals surface area contributed by atoms with E-state index in [-0.39, 0.29) is 5.91 Å². The SMILES string of the molecule is CCc1ccc(C(=O)Nc2ccc3oc(-c4ccc(C)cc4C)nc3c2)cc1. The number of nitrogens with zero attached hydrogens (tertiary/aromatic N) is 1. The molecule has 4 aromatic rings. The van der Waals surface area contributed by atoms with E-state index in [4.69, 9.17) is 4.42 Å². The minimum absolute atomic E-state index is 0.139. The Hall–Kier alpha value is -3.40. The highest BCUT2D eigenvalue weighted by atomic mass is 16.3. The zero-order chi connectivity index (χ0) is 19.7. The molecule has 4 rings (SSSR count). The molecule has 1 amide bonds. The first-order valence-corrected chi connectivity index (χ1v) is 9.42. The van der Waals surface area contributed by atoms with E-state index in [1.54, 1.807) is 0 Å². The second-order valence-corrected chi connectivity index (χ2v) is 7.02. The lowest BCUT2D eigenvalue weighted by atomic mass is 10.1. The number of hydrogen-bond donors (Lipinski definition) is 1. The van der Waals surface area contributed by atoms with Crippen LogP contribution in [0.4, 0.5) is 5.69 Å². The molecular weight excluding hydrogens is 348 g/mol. The normalized spacial score (nSPS) is 11.0. The van der Waals surface area contributed by atoms with Crippen LogP contribution in [0.15, 0.2) is 65.1 Å². The first-order chi connectivity index (χ1) is 13.5. The minimum Gasteiger partial charge on any atom is -0.436 e. The quantitative estimate of drug-likeness (QED) is 0.485. The van der Waals surface area contributed by atoms with Crippen LogP contribution in [0, 0.1) is 13.8 Å². The van der Waals surface area contributed by atoms with Gasteiger partial charge < -0.3 is 9.73 Å². The van der Waals surface area contributed by atoms with Crippen molar-refractivity contribution in [2.75, 3.05) is 5.32 Å². The molecule has 1 N–H and O–H groups in total. The van der Waals surface area contributed by atoms with Crippen LogP contribution in [0.1, 0.15) is 34.0 Å². The Morgan fingerprint density at radius 3 is 2.50 bits per heavy atom. The third-order valence-corrected chi connectivity index (χ3v) is 4.88. The molecule has 0 radical (unpaired) electrons. The summed E-state index contributed by atoms with van der Waals surface area (Å²) in [6.07, 6.45) is 0.952. The average molecular weight is 370 g/mol. The number of fused-ring (bicyclic) bond motifs is 1. The zero-order valence-corrected chi connectivity index (χ0v) is 16.2. The lowest BCUT2D eigenvalue weighted by Crippen LogP contribution is -2.11. The Kier molecular flexibility index (Phi) is 4.70. The summed E-state index contributed by atoms with van der Waals surface area (Å²) in [4.78, 5) is 17.1. The summed E-state index contributed by atoms with van der Waals surface area (Å²) in [6.45, 7) is 6.20. The van der Waals surface area contributed by atoms with Crippen LogP contribution >= 0.6 is 0 Å². The first kappa shape index (κ1) is 18.0. The van der Waals surface area contributed by atoms with Gasteiger partial charge in [-0.15, -0.1) is 0 Å². The highest BCUT2D eigenvalue weighted by Crippen LogP contribution is 2.28. The van der Waals surface area contributed by atoms with Gasteiger partial charge in [0.2, 0.25) is 5.89 Å². The molecule has 4 nitrogen and oxygen atoms in total. The van der Waals surface area contributed by atoms with Gasteiger partial charge in [0.25, 0.3) is 5.91 Å². The fraction of sp³-hybridized carbons (Fsp3) is 0.167. The Morgan fingerprint density at radius 1 is 1.00 bits per heavy atom. The summed E-state index contributed by atoms with van der Waals surface area (Å²) in [7, 11) is 0. The molecule has 1 aromatic heterocycles. The van der Waals surface area contributed by atoms with Crippen LogP contribution in [0.2, 0.25) is 0 Å². The molecular formula is C24H22N2O2. The summed E-state index contributed by atoms with van der Waals surface area (Å²) in [5, 5.41) is 2.94. The molecule has 0 aliphatic carbocycles. The van der Waals surface area contributed by atoms with Crippen LogP contribution in [0.3, 0.4) is 0 Å². The summed E-state index contributed by atoms with van der Waals surface area (Å²) < 4.78 is 5.92. The number of anilines is 1. The minimum atomic E-state index is -0.139. The maximum atomic E-state index is 12.5. The summed E-state index contributed by atoms with van der Waals surface area (Å²) in [6, 6.07) is 19.3. The largest absolute Gasteiger partial charge is 0.436 e. The molecule has 0 aliphatic rings. The second kappa shape index (κ2) is 7.31. The summed E-state index contributed by atoms with van der Waals surface area (Å²) in [5.41, 5.74) is 7.24. The van der Waals surface area contributed by atoms with Gasteiger partial charge in [0, 0.05) is 16.8 Å². The third-order valence-electron chi connectivity index (χ3n) is 4.88. The number of aryl methyl sites for hydroxylation is 3. The van der Waals surface area contributed by atoms with Crippen molar-refractivity contribution in [2.45, 2.75) is 27.2 Å². The average Bonchev–Trinajstić information content (AvgIpc) is 3.11. The standard InChI is InChI=1S/C24H22N2O2/c1-4-17-6-8-18(9-7-17)23(27)25-19-10-12-22-21(14-19)26-24(28-22)20-11-5-15(2)13-16(20)3/h5-14H,4H2,1-3H3,(H,25,27). The predicted molar refractivity (Wildman–Crippen MR) is 113 cm³/mol. The number of carbonyl (C=O) groups excluding carboxylic acids is 1. The van der Waals surface area contributed by atoms with E-state index in [2.05, 4.69) is 30.2 Å². The van der Waals surface area contributed by atoms with Crippen LogP contribution < -0.4 is 5.32 Å². The van der Waals surface area contributed by atoms with Gasteiger partial charge in [0.05, 0.1) is 0 Å². The molecule has 1 heterocycles. The zero-order valence-electron chi connectivity index (χ0n) is 16.2. The van der Waals surface area contributed by atoms with Crippen molar-refractivity contribution in [1.29, 1.82) is 0 Å². The molecule has 28 heavy (non-hydrogen) atoms. The fourth-order valence-electron chi connectivity index (χ4n) is 3.27. The molecule has 0 saturated carbocycles. The monoisotopic (exact) mass is 370 g/mol. The number of nitrogens with one attached hydrogen (secondary N) is 1. The highest BCUT2D eigenvalue weighted by Gasteiger charge is 2.12. The Bertz CT molecular complexity index is 1160. The topological polar surface area (TPSA) is 55.1 Å². The molecule has 0 saturated heterocycles. The van der Waals surface area contributed by atoms with Gasteiger partial charge in [-0.3, -0.25) is 4.79 Å². The number of oxazole rings is 1. The lowest BCUT2D eigenvalue weighted by Gasteiger charge is -2.05. The van der Waals surface area contributed by atoms with Crippen LogP contribution in [-0.4, -0.2) is 10.9 Å². The van der Waals surface area contributed by atoms with E-state index in [0.29, 0.717) is 28.2 Å². The number of hydrogen-bond acceptors (Lipinski definition) is 3. The Labute approximate surface area is 164 Å². The number of aromatic nitrogens is 1. The van der Waals surface area contributed by atoms with Crippen LogP contribution in [0.25, 0.3) is 22.6 Å².